The van der Waals surface area contributed by atoms with Crippen molar-refractivity contribution in [3.8, 4) is 0 Å². The van der Waals surface area contributed by atoms with Gasteiger partial charge in [0.05, 0.1) is 11.9 Å². The van der Waals surface area contributed by atoms with Crippen molar-refractivity contribution in [1.82, 2.24) is 0 Å². The second-order valence-corrected chi connectivity index (χ2v) is 7.44. The molecule has 3 nitrogen and oxygen atoms in total. The Morgan fingerprint density at radius 3 is 2.28 bits per heavy atom. The molecule has 1 unspecified atom stereocenters. The molecular weight excluding hydrogens is 295 g/mol. The van der Waals surface area contributed by atoms with Crippen molar-refractivity contribution in [2.24, 2.45) is 0 Å². The molecule has 0 aromatic heterocycles. The van der Waals surface area contributed by atoms with Crippen LogP contribution in [0.2, 0.25) is 10.0 Å². The maximum Gasteiger partial charge on any atom is 0.150 e. The highest BCUT2D eigenvalue weighted by atomic mass is 35.5. The second kappa shape index (κ2) is 6.75. The highest BCUT2D eigenvalue weighted by Crippen LogP contribution is 2.26. The third kappa shape index (κ3) is 5.14. The molecular formula is C12H16Cl2O3S. The molecule has 0 amide bonds. The molecule has 1 atom stereocenters. The van der Waals surface area contributed by atoms with Gasteiger partial charge >= 0.3 is 0 Å². The Balaban J connectivity index is 2.58. The highest BCUT2D eigenvalue weighted by Gasteiger charge is 2.12. The third-order valence-corrected chi connectivity index (χ3v) is 4.87. The van der Waals surface area contributed by atoms with Gasteiger partial charge in [-0.15, -0.1) is 0 Å². The molecule has 1 aromatic rings. The van der Waals surface area contributed by atoms with Crippen molar-refractivity contribution >= 4 is 33.0 Å². The highest BCUT2D eigenvalue weighted by molar-refractivity contribution is 7.91. The van der Waals surface area contributed by atoms with Crippen molar-refractivity contribution in [3.63, 3.8) is 0 Å². The summed E-state index contributed by atoms with van der Waals surface area (Å²) in [5, 5.41) is 10.8. The fraction of sp³-hybridized carbons (Fsp3) is 0.500. The molecule has 1 N–H and O–H groups in total. The van der Waals surface area contributed by atoms with Crippen LogP contribution in [0, 0.1) is 0 Å². The van der Waals surface area contributed by atoms with Crippen LogP contribution in [-0.2, 0) is 9.84 Å². The SMILES string of the molecule is CCS(=O)(=O)CCCC(O)c1cc(Cl)cc(Cl)c1. The fourth-order valence-corrected chi connectivity index (χ4v) is 3.01. The summed E-state index contributed by atoms with van der Waals surface area (Å²) >= 11 is 11.7. The number of halogens is 2. The molecule has 0 aliphatic rings. The monoisotopic (exact) mass is 310 g/mol. The van der Waals surface area contributed by atoms with E-state index >= 15 is 0 Å². The Morgan fingerprint density at radius 2 is 1.78 bits per heavy atom. The molecule has 0 saturated heterocycles. The van der Waals surface area contributed by atoms with Gasteiger partial charge in [-0.25, -0.2) is 8.42 Å². The van der Waals surface area contributed by atoms with E-state index in [2.05, 4.69) is 0 Å². The summed E-state index contributed by atoms with van der Waals surface area (Å²) < 4.78 is 22.6. The van der Waals surface area contributed by atoms with E-state index in [-0.39, 0.29) is 11.5 Å². The molecule has 0 saturated carbocycles. The van der Waals surface area contributed by atoms with Crippen LogP contribution in [0.3, 0.4) is 0 Å². The topological polar surface area (TPSA) is 54.4 Å². The van der Waals surface area contributed by atoms with Gasteiger partial charge in [0, 0.05) is 15.8 Å². The molecule has 1 aromatic carbocycles. The average Bonchev–Trinajstić information content (AvgIpc) is 2.27. The predicted molar refractivity (Wildman–Crippen MR) is 75.0 cm³/mol. The summed E-state index contributed by atoms with van der Waals surface area (Å²) in [6.07, 6.45) is 0.0467. The number of benzene rings is 1. The van der Waals surface area contributed by atoms with E-state index in [1.165, 1.54) is 0 Å². The summed E-state index contributed by atoms with van der Waals surface area (Å²) in [7, 11) is -2.98. The Morgan fingerprint density at radius 1 is 1.22 bits per heavy atom. The standard InChI is InChI=1S/C12H16Cl2O3S/c1-2-18(16,17)5-3-4-12(15)9-6-10(13)8-11(14)7-9/h6-8,12,15H,2-5H2,1H3. The Kier molecular flexibility index (Phi) is 5.92. The summed E-state index contributed by atoms with van der Waals surface area (Å²) in [6, 6.07) is 4.85. The number of hydrogen-bond donors (Lipinski definition) is 1. The molecule has 0 radical (unpaired) electrons. The lowest BCUT2D eigenvalue weighted by molar-refractivity contribution is 0.166. The third-order valence-electron chi connectivity index (χ3n) is 2.64. The van der Waals surface area contributed by atoms with Gasteiger partial charge in [-0.05, 0) is 36.6 Å². The van der Waals surface area contributed by atoms with Gasteiger partial charge in [0.25, 0.3) is 0 Å². The van der Waals surface area contributed by atoms with Gasteiger partial charge in [-0.1, -0.05) is 30.1 Å². The minimum Gasteiger partial charge on any atom is -0.388 e. The minimum absolute atomic E-state index is 0.0921. The molecule has 102 valence electrons. The second-order valence-electron chi connectivity index (χ2n) is 4.10. The van der Waals surface area contributed by atoms with Crippen molar-refractivity contribution in [2.45, 2.75) is 25.9 Å². The first-order chi connectivity index (χ1) is 8.34. The van der Waals surface area contributed by atoms with Crippen LogP contribution in [0.5, 0.6) is 0 Å². The Hall–Kier alpha value is -0.290. The molecule has 0 aliphatic heterocycles. The van der Waals surface area contributed by atoms with E-state index in [1.54, 1.807) is 25.1 Å². The predicted octanol–water partition coefficient (Wildman–Crippen LogP) is 3.24. The maximum absolute atomic E-state index is 11.3. The molecule has 0 spiro atoms. The van der Waals surface area contributed by atoms with Crippen LogP contribution >= 0.6 is 23.2 Å². The van der Waals surface area contributed by atoms with Crippen LogP contribution in [-0.4, -0.2) is 25.0 Å². The van der Waals surface area contributed by atoms with Gasteiger partial charge in [0.15, 0.2) is 0 Å². The molecule has 0 fully saturated rings. The quantitative estimate of drug-likeness (QED) is 0.877. The smallest absolute Gasteiger partial charge is 0.150 e. The van der Waals surface area contributed by atoms with Gasteiger partial charge in [-0.3, -0.25) is 0 Å². The normalized spacial score (nSPS) is 13.6. The summed E-state index contributed by atoms with van der Waals surface area (Å²) in [5.41, 5.74) is 0.612. The number of aliphatic hydroxyl groups is 1. The van der Waals surface area contributed by atoms with Gasteiger partial charge < -0.3 is 5.11 Å². The van der Waals surface area contributed by atoms with Crippen molar-refractivity contribution < 1.29 is 13.5 Å². The van der Waals surface area contributed by atoms with Crippen LogP contribution in [0.25, 0.3) is 0 Å². The zero-order valence-corrected chi connectivity index (χ0v) is 12.4. The van der Waals surface area contributed by atoms with Crippen molar-refractivity contribution in [2.75, 3.05) is 11.5 Å². The lowest BCUT2D eigenvalue weighted by Gasteiger charge is -2.11. The van der Waals surface area contributed by atoms with E-state index < -0.39 is 15.9 Å². The van der Waals surface area contributed by atoms with Crippen LogP contribution in [0.4, 0.5) is 0 Å². The van der Waals surface area contributed by atoms with Gasteiger partial charge in [0.2, 0.25) is 0 Å². The minimum atomic E-state index is -2.98. The van der Waals surface area contributed by atoms with Gasteiger partial charge in [-0.2, -0.15) is 0 Å². The van der Waals surface area contributed by atoms with E-state index in [1.807, 2.05) is 0 Å². The molecule has 0 aliphatic carbocycles. The first-order valence-corrected chi connectivity index (χ1v) is 8.26. The average molecular weight is 311 g/mol. The molecule has 0 heterocycles. The summed E-state index contributed by atoms with van der Waals surface area (Å²) in [6.45, 7) is 1.61. The van der Waals surface area contributed by atoms with Crippen LogP contribution in [0.1, 0.15) is 31.4 Å². The number of rotatable bonds is 6. The zero-order chi connectivity index (χ0) is 13.8. The number of sulfone groups is 1. The van der Waals surface area contributed by atoms with Crippen LogP contribution < -0.4 is 0 Å². The van der Waals surface area contributed by atoms with Crippen molar-refractivity contribution in [3.05, 3.63) is 33.8 Å². The first kappa shape index (κ1) is 15.8. The fourth-order valence-electron chi connectivity index (χ4n) is 1.58. The van der Waals surface area contributed by atoms with E-state index in [4.69, 9.17) is 23.2 Å². The van der Waals surface area contributed by atoms with E-state index in [9.17, 15) is 13.5 Å². The van der Waals surface area contributed by atoms with Crippen molar-refractivity contribution in [1.29, 1.82) is 0 Å². The van der Waals surface area contributed by atoms with Gasteiger partial charge in [0.1, 0.15) is 9.84 Å². The van der Waals surface area contributed by atoms with E-state index in [0.29, 0.717) is 28.5 Å². The zero-order valence-electron chi connectivity index (χ0n) is 10.1. The molecule has 1 rings (SSSR count). The lowest BCUT2D eigenvalue weighted by atomic mass is 10.1. The largest absolute Gasteiger partial charge is 0.388 e. The number of aliphatic hydroxyl groups excluding tert-OH is 1. The lowest BCUT2D eigenvalue weighted by Crippen LogP contribution is -2.10. The summed E-state index contributed by atoms with van der Waals surface area (Å²) in [5.74, 6) is 0.223. The molecule has 6 heteroatoms. The maximum atomic E-state index is 11.3. The Bertz CT molecular complexity index is 480. The Labute approximate surface area is 118 Å². The summed E-state index contributed by atoms with van der Waals surface area (Å²) in [4.78, 5) is 0. The number of hydrogen-bond acceptors (Lipinski definition) is 3. The van der Waals surface area contributed by atoms with E-state index in [0.717, 1.165) is 0 Å². The molecule has 18 heavy (non-hydrogen) atoms. The molecule has 0 bridgehead atoms. The first-order valence-electron chi connectivity index (χ1n) is 5.68. The van der Waals surface area contributed by atoms with Crippen LogP contribution in [0.15, 0.2) is 18.2 Å².